The highest BCUT2D eigenvalue weighted by Crippen LogP contribution is 2.35. The van der Waals surface area contributed by atoms with Gasteiger partial charge in [0.2, 0.25) is 0 Å². The van der Waals surface area contributed by atoms with Gasteiger partial charge in [0.1, 0.15) is 28.6 Å². The minimum absolute atomic E-state index is 0.182. The summed E-state index contributed by atoms with van der Waals surface area (Å²) < 4.78 is 49.3. The molecule has 1 N–H and O–H groups in total. The Kier molecular flexibility index (Phi) is 6.40. The van der Waals surface area contributed by atoms with Crippen molar-refractivity contribution in [2.24, 2.45) is 0 Å². The van der Waals surface area contributed by atoms with Crippen LogP contribution in [0.15, 0.2) is 63.9 Å². The molecule has 0 aliphatic rings. The first kappa shape index (κ1) is 22.8. The number of benzene rings is 2. The lowest BCUT2D eigenvalue weighted by Gasteiger charge is -2.18. The quantitative estimate of drug-likeness (QED) is 0.401. The molecule has 3 aromatic rings. The molecule has 0 radical (unpaired) electrons. The van der Waals surface area contributed by atoms with Gasteiger partial charge < -0.3 is 14.3 Å². The largest absolute Gasteiger partial charge is 0.489 e. The Morgan fingerprint density at radius 3 is 2.39 bits per heavy atom. The first-order chi connectivity index (χ1) is 14.5. The maximum atomic E-state index is 13.0. The molecule has 2 aromatic carbocycles. The molecule has 0 aliphatic carbocycles. The zero-order valence-corrected chi connectivity index (χ0v) is 17.9. The lowest BCUT2D eigenvalue weighted by atomic mass is 10.1. The second kappa shape index (κ2) is 8.70. The number of carbonyl (C=O) groups is 1. The van der Waals surface area contributed by atoms with E-state index < -0.39 is 22.5 Å². The van der Waals surface area contributed by atoms with Crippen LogP contribution in [0, 0.1) is 6.92 Å². The van der Waals surface area contributed by atoms with Crippen molar-refractivity contribution in [1.82, 2.24) is 0 Å². The van der Waals surface area contributed by atoms with Crippen LogP contribution in [0.4, 0.5) is 13.2 Å². The van der Waals surface area contributed by atoms with Crippen molar-refractivity contribution in [2.75, 3.05) is 0 Å². The summed E-state index contributed by atoms with van der Waals surface area (Å²) in [5.74, 6) is 0.580. The predicted molar refractivity (Wildman–Crippen MR) is 112 cm³/mol. The number of halogens is 3. The molecule has 0 aliphatic heterocycles. The van der Waals surface area contributed by atoms with Crippen LogP contribution in [0.2, 0.25) is 0 Å². The number of aryl methyl sites for hydroxylation is 1. The van der Waals surface area contributed by atoms with E-state index in [1.54, 1.807) is 57.2 Å². The number of carboxylic acid groups (broad SMARTS) is 1. The number of thioether (sulfide) groups is 1. The van der Waals surface area contributed by atoms with Gasteiger partial charge in [-0.1, -0.05) is 12.1 Å². The Labute approximate surface area is 182 Å². The summed E-state index contributed by atoms with van der Waals surface area (Å²) in [7, 11) is 0. The molecule has 0 spiro atoms. The van der Waals surface area contributed by atoms with Gasteiger partial charge in [-0.25, -0.2) is 0 Å². The molecule has 8 heteroatoms. The average Bonchev–Trinajstić information content (AvgIpc) is 3.07. The monoisotopic (exact) mass is 450 g/mol. The van der Waals surface area contributed by atoms with Crippen LogP contribution in [0.3, 0.4) is 0 Å². The lowest BCUT2D eigenvalue weighted by molar-refractivity contribution is -0.139. The molecule has 0 bridgehead atoms. The van der Waals surface area contributed by atoms with Gasteiger partial charge in [0, 0.05) is 16.0 Å². The first-order valence-corrected chi connectivity index (χ1v) is 10.2. The average molecular weight is 450 g/mol. The Morgan fingerprint density at radius 1 is 1.10 bits per heavy atom. The molecular formula is C23H21F3O4S. The second-order valence-electron chi connectivity index (χ2n) is 7.45. The molecule has 164 valence electrons. The SMILES string of the molecule is Cc1oc(-c2cccc(C(F)(F)F)c2)cc1COc1ccc(SC(C)(C)C(=O)O)cc1. The van der Waals surface area contributed by atoms with Crippen molar-refractivity contribution in [3.05, 3.63) is 71.5 Å². The molecule has 1 heterocycles. The van der Waals surface area contributed by atoms with Gasteiger partial charge in [0.05, 0.1) is 5.56 Å². The number of alkyl halides is 3. The van der Waals surface area contributed by atoms with E-state index in [1.165, 1.54) is 17.8 Å². The van der Waals surface area contributed by atoms with Gasteiger partial charge in [-0.3, -0.25) is 4.79 Å². The van der Waals surface area contributed by atoms with Crippen molar-refractivity contribution < 1.29 is 32.2 Å². The number of hydrogen-bond donors (Lipinski definition) is 1. The number of ether oxygens (including phenoxy) is 1. The fourth-order valence-electron chi connectivity index (χ4n) is 2.76. The normalized spacial score (nSPS) is 12.1. The number of carboxylic acids is 1. The third kappa shape index (κ3) is 5.64. The standard InChI is InChI=1S/C23H21F3O4S/c1-14-16(12-20(30-14)15-5-4-6-17(11-15)23(24,25)26)13-29-18-7-9-19(10-8-18)31-22(2,3)21(27)28/h4-12H,13H2,1-3H3,(H,27,28). The van der Waals surface area contributed by atoms with Gasteiger partial charge >= 0.3 is 12.1 Å². The summed E-state index contributed by atoms with van der Waals surface area (Å²) in [6.45, 7) is 5.17. The van der Waals surface area contributed by atoms with E-state index in [4.69, 9.17) is 9.15 Å². The van der Waals surface area contributed by atoms with Gasteiger partial charge in [-0.15, -0.1) is 11.8 Å². The summed E-state index contributed by atoms with van der Waals surface area (Å²) in [6.07, 6.45) is -4.42. The van der Waals surface area contributed by atoms with Crippen LogP contribution in [-0.4, -0.2) is 15.8 Å². The molecule has 1 aromatic heterocycles. The fourth-order valence-corrected chi connectivity index (χ4v) is 3.71. The van der Waals surface area contributed by atoms with E-state index in [0.717, 1.165) is 22.6 Å². The van der Waals surface area contributed by atoms with E-state index in [0.29, 0.717) is 22.8 Å². The summed E-state index contributed by atoms with van der Waals surface area (Å²) in [6, 6.07) is 13.7. The highest BCUT2D eigenvalue weighted by molar-refractivity contribution is 8.01. The molecule has 4 nitrogen and oxygen atoms in total. The van der Waals surface area contributed by atoms with E-state index in [-0.39, 0.29) is 6.61 Å². The minimum atomic E-state index is -4.42. The van der Waals surface area contributed by atoms with Gasteiger partial charge in [-0.2, -0.15) is 13.2 Å². The van der Waals surface area contributed by atoms with Crippen molar-refractivity contribution in [3.8, 4) is 17.1 Å². The zero-order chi connectivity index (χ0) is 22.8. The Bertz CT molecular complexity index is 1070. The number of furan rings is 1. The maximum absolute atomic E-state index is 13.0. The summed E-state index contributed by atoms with van der Waals surface area (Å²) in [5, 5.41) is 9.22. The predicted octanol–water partition coefficient (Wildman–Crippen LogP) is 6.81. The van der Waals surface area contributed by atoms with Crippen molar-refractivity contribution in [3.63, 3.8) is 0 Å². The van der Waals surface area contributed by atoms with E-state index in [2.05, 4.69) is 0 Å². The zero-order valence-electron chi connectivity index (χ0n) is 17.1. The van der Waals surface area contributed by atoms with E-state index >= 15 is 0 Å². The van der Waals surface area contributed by atoms with Crippen LogP contribution in [0.25, 0.3) is 11.3 Å². The molecule has 0 saturated carbocycles. The first-order valence-electron chi connectivity index (χ1n) is 9.38. The smallest absolute Gasteiger partial charge is 0.416 e. The highest BCUT2D eigenvalue weighted by Gasteiger charge is 2.31. The topological polar surface area (TPSA) is 59.7 Å². The van der Waals surface area contributed by atoms with Crippen LogP contribution in [0.1, 0.15) is 30.7 Å². The highest BCUT2D eigenvalue weighted by atomic mass is 32.2. The molecule has 0 fully saturated rings. The second-order valence-corrected chi connectivity index (χ2v) is 9.14. The molecule has 0 amide bonds. The number of rotatable bonds is 7. The van der Waals surface area contributed by atoms with Gasteiger partial charge in [0.15, 0.2) is 0 Å². The van der Waals surface area contributed by atoms with Crippen LogP contribution < -0.4 is 4.74 Å². The Hall–Kier alpha value is -2.87. The molecule has 3 rings (SSSR count). The van der Waals surface area contributed by atoms with Crippen molar-refractivity contribution in [2.45, 2.75) is 43.2 Å². The summed E-state index contributed by atoms with van der Waals surface area (Å²) in [5.41, 5.74) is 0.324. The molecular weight excluding hydrogens is 429 g/mol. The molecule has 31 heavy (non-hydrogen) atoms. The van der Waals surface area contributed by atoms with Gasteiger partial charge in [-0.05, 0) is 63.2 Å². The van der Waals surface area contributed by atoms with Gasteiger partial charge in [0.25, 0.3) is 0 Å². The van der Waals surface area contributed by atoms with Crippen LogP contribution >= 0.6 is 11.8 Å². The third-order valence-corrected chi connectivity index (χ3v) is 5.79. The minimum Gasteiger partial charge on any atom is -0.489 e. The van der Waals surface area contributed by atoms with E-state index in [1.807, 2.05) is 0 Å². The maximum Gasteiger partial charge on any atom is 0.416 e. The van der Waals surface area contributed by atoms with Crippen LogP contribution in [0.5, 0.6) is 5.75 Å². The third-order valence-electron chi connectivity index (χ3n) is 4.60. The van der Waals surface area contributed by atoms with Crippen molar-refractivity contribution in [1.29, 1.82) is 0 Å². The van der Waals surface area contributed by atoms with Crippen LogP contribution in [-0.2, 0) is 17.6 Å². The summed E-state index contributed by atoms with van der Waals surface area (Å²) in [4.78, 5) is 12.0. The number of aliphatic carboxylic acids is 1. The lowest BCUT2D eigenvalue weighted by Crippen LogP contribution is -2.26. The van der Waals surface area contributed by atoms with E-state index in [9.17, 15) is 23.1 Å². The Morgan fingerprint density at radius 2 is 1.77 bits per heavy atom. The molecule has 0 unspecified atom stereocenters. The summed E-state index contributed by atoms with van der Waals surface area (Å²) >= 11 is 1.23. The molecule has 0 saturated heterocycles. The molecule has 0 atom stereocenters. The van der Waals surface area contributed by atoms with Crippen molar-refractivity contribution >= 4 is 17.7 Å². The Balaban J connectivity index is 1.68. The number of hydrogen-bond acceptors (Lipinski definition) is 4. The fraction of sp³-hybridized carbons (Fsp3) is 0.261.